The van der Waals surface area contributed by atoms with Crippen molar-refractivity contribution < 1.29 is 27.8 Å². The van der Waals surface area contributed by atoms with Crippen LogP contribution in [0.2, 0.25) is 0 Å². The highest BCUT2D eigenvalue weighted by Crippen LogP contribution is 2.17. The highest BCUT2D eigenvalue weighted by molar-refractivity contribution is 7.91. The molecule has 0 saturated heterocycles. The SMILES string of the molecule is COCCCOCCS(=O)(=O)c1ccccc1C(=O)O. The normalized spacial score (nSPS) is 11.4. The van der Waals surface area contributed by atoms with Crippen molar-refractivity contribution >= 4 is 15.8 Å². The Labute approximate surface area is 118 Å². The van der Waals surface area contributed by atoms with Crippen molar-refractivity contribution in [1.82, 2.24) is 0 Å². The first kappa shape index (κ1) is 16.6. The molecule has 0 aliphatic carbocycles. The molecule has 0 aliphatic rings. The zero-order chi connectivity index (χ0) is 15.0. The van der Waals surface area contributed by atoms with Crippen LogP contribution in [0.4, 0.5) is 0 Å². The van der Waals surface area contributed by atoms with E-state index in [0.29, 0.717) is 19.6 Å². The van der Waals surface area contributed by atoms with Gasteiger partial charge in [0.05, 0.1) is 22.8 Å². The maximum Gasteiger partial charge on any atom is 0.337 e. The minimum atomic E-state index is -3.67. The van der Waals surface area contributed by atoms with Crippen LogP contribution in [-0.4, -0.2) is 52.2 Å². The van der Waals surface area contributed by atoms with Crippen LogP contribution in [0, 0.1) is 0 Å². The van der Waals surface area contributed by atoms with Crippen LogP contribution in [0.15, 0.2) is 29.2 Å². The molecule has 0 saturated carbocycles. The molecule has 0 amide bonds. The Hall–Kier alpha value is -1.44. The maximum absolute atomic E-state index is 12.1. The van der Waals surface area contributed by atoms with Gasteiger partial charge in [0.15, 0.2) is 9.84 Å². The van der Waals surface area contributed by atoms with Crippen LogP contribution in [-0.2, 0) is 19.3 Å². The summed E-state index contributed by atoms with van der Waals surface area (Å²) in [6.07, 6.45) is 0.683. The monoisotopic (exact) mass is 302 g/mol. The zero-order valence-electron chi connectivity index (χ0n) is 11.2. The van der Waals surface area contributed by atoms with Crippen LogP contribution < -0.4 is 0 Å². The summed E-state index contributed by atoms with van der Waals surface area (Å²) >= 11 is 0. The Bertz CT molecular complexity index is 538. The molecule has 0 atom stereocenters. The lowest BCUT2D eigenvalue weighted by molar-refractivity contribution is 0.0692. The standard InChI is InChI=1S/C13H18O6S/c1-18-7-4-8-19-9-10-20(16,17)12-6-3-2-5-11(12)13(14)15/h2-3,5-6H,4,7-10H2,1H3,(H,14,15). The summed E-state index contributed by atoms with van der Waals surface area (Å²) in [5, 5.41) is 8.99. The lowest BCUT2D eigenvalue weighted by Crippen LogP contribution is -2.16. The molecule has 0 spiro atoms. The second kappa shape index (κ2) is 7.98. The van der Waals surface area contributed by atoms with Crippen LogP contribution in [0.3, 0.4) is 0 Å². The summed E-state index contributed by atoms with van der Waals surface area (Å²) in [6, 6.07) is 5.56. The number of hydrogen-bond donors (Lipinski definition) is 1. The topological polar surface area (TPSA) is 89.9 Å². The Kier molecular flexibility index (Phi) is 6.63. The summed E-state index contributed by atoms with van der Waals surface area (Å²) in [6.45, 7) is 0.985. The number of benzene rings is 1. The van der Waals surface area contributed by atoms with Gasteiger partial charge >= 0.3 is 5.97 Å². The predicted molar refractivity (Wildman–Crippen MR) is 72.8 cm³/mol. The third-order valence-electron chi connectivity index (χ3n) is 2.59. The molecule has 1 aromatic carbocycles. The van der Waals surface area contributed by atoms with Crippen molar-refractivity contribution in [3.8, 4) is 0 Å². The minimum absolute atomic E-state index is 0.0278. The van der Waals surface area contributed by atoms with Crippen molar-refractivity contribution in [1.29, 1.82) is 0 Å². The molecule has 0 aliphatic heterocycles. The van der Waals surface area contributed by atoms with Crippen LogP contribution in [0.1, 0.15) is 16.8 Å². The lowest BCUT2D eigenvalue weighted by atomic mass is 10.2. The Balaban J connectivity index is 2.63. The molecule has 0 heterocycles. The lowest BCUT2D eigenvalue weighted by Gasteiger charge is -2.08. The van der Waals surface area contributed by atoms with E-state index in [0.717, 1.165) is 0 Å². The Morgan fingerprint density at radius 1 is 1.20 bits per heavy atom. The molecule has 1 rings (SSSR count). The number of ether oxygens (including phenoxy) is 2. The molecule has 1 N–H and O–H groups in total. The Morgan fingerprint density at radius 2 is 1.90 bits per heavy atom. The molecule has 112 valence electrons. The number of hydrogen-bond acceptors (Lipinski definition) is 5. The fourth-order valence-corrected chi connectivity index (χ4v) is 2.93. The van der Waals surface area contributed by atoms with E-state index in [1.54, 1.807) is 7.11 Å². The molecule has 0 bridgehead atoms. The average molecular weight is 302 g/mol. The van der Waals surface area contributed by atoms with E-state index >= 15 is 0 Å². The molecule has 1 aromatic rings. The van der Waals surface area contributed by atoms with Gasteiger partial charge in [0, 0.05) is 20.3 Å². The van der Waals surface area contributed by atoms with E-state index in [9.17, 15) is 13.2 Å². The van der Waals surface area contributed by atoms with Crippen LogP contribution in [0.25, 0.3) is 0 Å². The van der Waals surface area contributed by atoms with Gasteiger partial charge in [0.1, 0.15) is 0 Å². The molecule has 7 heteroatoms. The number of aromatic carboxylic acids is 1. The summed E-state index contributed by atoms with van der Waals surface area (Å²) in [7, 11) is -2.09. The Morgan fingerprint density at radius 3 is 2.55 bits per heavy atom. The van der Waals surface area contributed by atoms with Gasteiger partial charge in [-0.2, -0.15) is 0 Å². The van der Waals surface area contributed by atoms with Gasteiger partial charge in [-0.15, -0.1) is 0 Å². The molecule has 0 unspecified atom stereocenters. The van der Waals surface area contributed by atoms with Crippen LogP contribution in [0.5, 0.6) is 0 Å². The summed E-state index contributed by atoms with van der Waals surface area (Å²) in [5.41, 5.74) is -0.216. The highest BCUT2D eigenvalue weighted by Gasteiger charge is 2.21. The third-order valence-corrected chi connectivity index (χ3v) is 4.32. The van der Waals surface area contributed by atoms with Gasteiger partial charge in [-0.05, 0) is 18.6 Å². The number of methoxy groups -OCH3 is 1. The van der Waals surface area contributed by atoms with E-state index in [4.69, 9.17) is 14.6 Å². The van der Waals surface area contributed by atoms with Gasteiger partial charge in [-0.25, -0.2) is 13.2 Å². The quantitative estimate of drug-likeness (QED) is 0.690. The summed E-state index contributed by atoms with van der Waals surface area (Å²) < 4.78 is 34.2. The number of rotatable bonds is 9. The number of carboxylic acids is 1. The second-order valence-electron chi connectivity index (χ2n) is 4.08. The van der Waals surface area contributed by atoms with Gasteiger partial charge < -0.3 is 14.6 Å². The smallest absolute Gasteiger partial charge is 0.337 e. The van der Waals surface area contributed by atoms with E-state index in [1.807, 2.05) is 0 Å². The average Bonchev–Trinajstić information content (AvgIpc) is 2.42. The maximum atomic E-state index is 12.1. The summed E-state index contributed by atoms with van der Waals surface area (Å²) in [5.74, 6) is -1.50. The van der Waals surface area contributed by atoms with Gasteiger partial charge in [0.2, 0.25) is 0 Å². The second-order valence-corrected chi connectivity index (χ2v) is 6.16. The number of carbonyl (C=O) groups is 1. The van der Waals surface area contributed by atoms with E-state index in [1.165, 1.54) is 24.3 Å². The fraction of sp³-hybridized carbons (Fsp3) is 0.462. The van der Waals surface area contributed by atoms with Crippen molar-refractivity contribution in [3.05, 3.63) is 29.8 Å². The first-order chi connectivity index (χ1) is 9.49. The molecule has 20 heavy (non-hydrogen) atoms. The van der Waals surface area contributed by atoms with Gasteiger partial charge in [-0.1, -0.05) is 12.1 Å². The van der Waals surface area contributed by atoms with Crippen molar-refractivity contribution in [2.75, 3.05) is 32.7 Å². The first-order valence-corrected chi connectivity index (χ1v) is 7.76. The largest absolute Gasteiger partial charge is 0.478 e. The minimum Gasteiger partial charge on any atom is -0.478 e. The molecule has 0 aromatic heterocycles. The van der Waals surface area contributed by atoms with Crippen molar-refractivity contribution in [2.45, 2.75) is 11.3 Å². The first-order valence-electron chi connectivity index (χ1n) is 6.11. The summed E-state index contributed by atoms with van der Waals surface area (Å²) in [4.78, 5) is 10.8. The third kappa shape index (κ3) is 4.92. The molecular weight excluding hydrogens is 284 g/mol. The molecular formula is C13H18O6S. The predicted octanol–water partition coefficient (Wildman–Crippen LogP) is 1.21. The molecule has 6 nitrogen and oxygen atoms in total. The van der Waals surface area contributed by atoms with Crippen LogP contribution >= 0.6 is 0 Å². The van der Waals surface area contributed by atoms with E-state index in [2.05, 4.69) is 0 Å². The molecule has 0 fully saturated rings. The van der Waals surface area contributed by atoms with E-state index < -0.39 is 15.8 Å². The van der Waals surface area contributed by atoms with E-state index in [-0.39, 0.29) is 22.8 Å². The number of carboxylic acid groups (broad SMARTS) is 1. The van der Waals surface area contributed by atoms with Gasteiger partial charge in [0.25, 0.3) is 0 Å². The van der Waals surface area contributed by atoms with Crippen molar-refractivity contribution in [2.24, 2.45) is 0 Å². The number of sulfone groups is 1. The highest BCUT2D eigenvalue weighted by atomic mass is 32.2. The fourth-order valence-electron chi connectivity index (χ4n) is 1.60. The zero-order valence-corrected chi connectivity index (χ0v) is 12.1. The van der Waals surface area contributed by atoms with Gasteiger partial charge in [-0.3, -0.25) is 0 Å². The molecule has 0 radical (unpaired) electrons. The van der Waals surface area contributed by atoms with Crippen molar-refractivity contribution in [3.63, 3.8) is 0 Å².